The first-order chi connectivity index (χ1) is 9.06. The number of nitro groups is 1. The molecule has 1 aromatic carbocycles. The molecular formula is C10H7FN4O3S. The average Bonchev–Trinajstić information content (AvgIpc) is 2.77. The molecule has 0 radical (unpaired) electrons. The van der Waals surface area contributed by atoms with Crippen molar-refractivity contribution in [3.63, 3.8) is 0 Å². The second-order valence-corrected chi connectivity index (χ2v) is 4.41. The lowest BCUT2D eigenvalue weighted by Crippen LogP contribution is -2.19. The monoisotopic (exact) mass is 282 g/mol. The molecule has 0 bridgehead atoms. The Morgan fingerprint density at radius 1 is 1.53 bits per heavy atom. The van der Waals surface area contributed by atoms with E-state index in [2.05, 4.69) is 15.5 Å². The minimum atomic E-state index is -0.641. The second kappa shape index (κ2) is 5.57. The number of nitrogens with zero attached hydrogens (tertiary/aromatic N) is 3. The molecule has 0 saturated carbocycles. The van der Waals surface area contributed by atoms with E-state index >= 15 is 0 Å². The van der Waals surface area contributed by atoms with Crippen LogP contribution in [0.15, 0.2) is 28.4 Å². The van der Waals surface area contributed by atoms with Crippen LogP contribution in [0.2, 0.25) is 0 Å². The van der Waals surface area contributed by atoms with Gasteiger partial charge in [0, 0.05) is 17.7 Å². The summed E-state index contributed by atoms with van der Waals surface area (Å²) < 4.78 is 13.4. The number of carbonyl (C=O) groups is 1. The molecule has 7 nitrogen and oxygen atoms in total. The Morgan fingerprint density at radius 3 is 2.95 bits per heavy atom. The number of benzene rings is 1. The van der Waals surface area contributed by atoms with Gasteiger partial charge in [0.2, 0.25) is 5.91 Å². The Hall–Kier alpha value is -2.29. The van der Waals surface area contributed by atoms with Gasteiger partial charge in [-0.1, -0.05) is 11.8 Å². The fraction of sp³-hybridized carbons (Fsp3) is 0.100. The highest BCUT2D eigenvalue weighted by atomic mass is 32.2. The number of thioether (sulfide) groups is 1. The number of hydrogen-bond acceptors (Lipinski definition) is 6. The van der Waals surface area contributed by atoms with E-state index in [1.807, 2.05) is 0 Å². The quantitative estimate of drug-likeness (QED) is 0.513. The van der Waals surface area contributed by atoms with Crippen molar-refractivity contribution in [2.45, 2.75) is 0 Å². The predicted molar refractivity (Wildman–Crippen MR) is 68.7 cm³/mol. The third-order valence-electron chi connectivity index (χ3n) is 2.12. The van der Waals surface area contributed by atoms with Crippen molar-refractivity contribution in [1.29, 1.82) is 0 Å². The summed E-state index contributed by atoms with van der Waals surface area (Å²) in [4.78, 5) is 20.8. The number of hydrogen-bond donors (Lipinski definition) is 1. The molecular weight excluding hydrogens is 275 g/mol. The van der Waals surface area contributed by atoms with Crippen LogP contribution in [0.5, 0.6) is 0 Å². The number of amides is 1. The minimum absolute atomic E-state index is 0.0483. The molecule has 0 atom stereocenters. The van der Waals surface area contributed by atoms with Crippen molar-refractivity contribution < 1.29 is 14.1 Å². The number of amidine groups is 1. The van der Waals surface area contributed by atoms with Crippen molar-refractivity contribution >= 4 is 34.7 Å². The number of rotatable bonds is 3. The molecule has 1 aliphatic heterocycles. The summed E-state index contributed by atoms with van der Waals surface area (Å²) in [7, 11) is 0. The van der Waals surface area contributed by atoms with Crippen LogP contribution in [0, 0.1) is 15.9 Å². The van der Waals surface area contributed by atoms with E-state index in [0.717, 1.165) is 24.4 Å². The average molecular weight is 282 g/mol. The van der Waals surface area contributed by atoms with E-state index in [4.69, 9.17) is 0 Å². The van der Waals surface area contributed by atoms with Gasteiger partial charge in [0.05, 0.1) is 16.9 Å². The number of non-ortho nitro benzene ring substituents is 1. The number of nitrogens with one attached hydrogen (secondary N) is 1. The molecule has 0 unspecified atom stereocenters. The van der Waals surface area contributed by atoms with Crippen LogP contribution in [0.25, 0.3) is 0 Å². The topological polar surface area (TPSA) is 97.0 Å². The molecule has 1 amide bonds. The summed E-state index contributed by atoms with van der Waals surface area (Å²) in [6, 6.07) is 3.10. The van der Waals surface area contributed by atoms with E-state index in [9.17, 15) is 19.3 Å². The second-order valence-electron chi connectivity index (χ2n) is 3.45. The van der Waals surface area contributed by atoms with Gasteiger partial charge >= 0.3 is 0 Å². The lowest BCUT2D eigenvalue weighted by molar-refractivity contribution is -0.384. The van der Waals surface area contributed by atoms with E-state index in [-0.39, 0.29) is 22.9 Å². The van der Waals surface area contributed by atoms with Gasteiger partial charge in [0.25, 0.3) is 5.69 Å². The van der Waals surface area contributed by atoms with Crippen molar-refractivity contribution in [2.24, 2.45) is 10.2 Å². The highest BCUT2D eigenvalue weighted by Gasteiger charge is 2.16. The van der Waals surface area contributed by atoms with Crippen molar-refractivity contribution in [3.8, 4) is 0 Å². The van der Waals surface area contributed by atoms with Crippen LogP contribution in [0.1, 0.15) is 5.56 Å². The maximum atomic E-state index is 13.4. The van der Waals surface area contributed by atoms with Gasteiger partial charge in [0.1, 0.15) is 5.82 Å². The first-order valence-corrected chi connectivity index (χ1v) is 6.02. The van der Waals surface area contributed by atoms with E-state index in [1.54, 1.807) is 0 Å². The van der Waals surface area contributed by atoms with Crippen molar-refractivity contribution in [2.75, 3.05) is 5.75 Å². The maximum absolute atomic E-state index is 13.4. The maximum Gasteiger partial charge on any atom is 0.270 e. The molecule has 0 spiro atoms. The molecule has 0 aromatic heterocycles. The molecule has 1 fully saturated rings. The fourth-order valence-corrected chi connectivity index (χ4v) is 1.90. The number of carbonyl (C=O) groups excluding carboxylic acids is 1. The standard InChI is InChI=1S/C10H7FN4O3S/c11-8-2-1-7(15(17)18)3-6(8)4-12-14-10-13-9(16)5-19-10/h1-4H,5H2,(H,13,14,16). The van der Waals surface area contributed by atoms with Crippen molar-refractivity contribution in [3.05, 3.63) is 39.7 Å². The summed E-state index contributed by atoms with van der Waals surface area (Å²) in [5.74, 6) is -0.558. The van der Waals surface area contributed by atoms with Gasteiger partial charge in [0.15, 0.2) is 5.17 Å². The third-order valence-corrected chi connectivity index (χ3v) is 2.99. The van der Waals surface area contributed by atoms with Crippen LogP contribution in [-0.2, 0) is 4.79 Å². The van der Waals surface area contributed by atoms with Crippen LogP contribution >= 0.6 is 11.8 Å². The van der Waals surface area contributed by atoms with Gasteiger partial charge in [-0.25, -0.2) is 4.39 Å². The lowest BCUT2D eigenvalue weighted by atomic mass is 10.2. The highest BCUT2D eigenvalue weighted by Crippen LogP contribution is 2.15. The molecule has 1 heterocycles. The van der Waals surface area contributed by atoms with Gasteiger partial charge < -0.3 is 5.32 Å². The zero-order valence-corrected chi connectivity index (χ0v) is 10.2. The SMILES string of the molecule is O=C1CSC(=NN=Cc2cc([N+](=O)[O-])ccc2F)N1. The van der Waals surface area contributed by atoms with Crippen molar-refractivity contribution in [1.82, 2.24) is 5.32 Å². The molecule has 1 saturated heterocycles. The molecule has 2 rings (SSSR count). The molecule has 1 aliphatic rings. The van der Waals surface area contributed by atoms with E-state index in [0.29, 0.717) is 5.17 Å². The molecule has 1 N–H and O–H groups in total. The Kier molecular flexibility index (Phi) is 3.85. The Labute approximate surface area is 110 Å². The van der Waals surface area contributed by atoms with Crippen LogP contribution in [-0.4, -0.2) is 28.0 Å². The molecule has 1 aromatic rings. The summed E-state index contributed by atoms with van der Waals surface area (Å²) in [6.45, 7) is 0. The van der Waals surface area contributed by atoms with Gasteiger partial charge in [-0.3, -0.25) is 14.9 Å². The first kappa shape index (κ1) is 13.1. The molecule has 19 heavy (non-hydrogen) atoms. The normalized spacial score (nSPS) is 17.1. The highest BCUT2D eigenvalue weighted by molar-refractivity contribution is 8.15. The van der Waals surface area contributed by atoms with Crippen LogP contribution in [0.3, 0.4) is 0 Å². The number of nitro benzene ring substituents is 1. The minimum Gasteiger partial charge on any atom is -0.303 e. The van der Waals surface area contributed by atoms with Crippen LogP contribution < -0.4 is 5.32 Å². The predicted octanol–water partition coefficient (Wildman–Crippen LogP) is 1.29. The van der Waals surface area contributed by atoms with Gasteiger partial charge in [-0.15, -0.1) is 5.10 Å². The summed E-state index contributed by atoms with van der Waals surface area (Å²) in [5, 5.41) is 20.5. The summed E-state index contributed by atoms with van der Waals surface area (Å²) in [6.07, 6.45) is 1.06. The van der Waals surface area contributed by atoms with E-state index < -0.39 is 10.7 Å². The zero-order chi connectivity index (χ0) is 13.8. The third kappa shape index (κ3) is 3.35. The van der Waals surface area contributed by atoms with Crippen LogP contribution in [0.4, 0.5) is 10.1 Å². The van der Waals surface area contributed by atoms with Gasteiger partial charge in [-0.2, -0.15) is 5.10 Å². The molecule has 9 heteroatoms. The van der Waals surface area contributed by atoms with E-state index in [1.165, 1.54) is 11.8 Å². The molecule has 98 valence electrons. The Morgan fingerprint density at radius 2 is 2.32 bits per heavy atom. The first-order valence-electron chi connectivity index (χ1n) is 5.04. The molecule has 0 aliphatic carbocycles. The smallest absolute Gasteiger partial charge is 0.270 e. The van der Waals surface area contributed by atoms with Gasteiger partial charge in [-0.05, 0) is 6.07 Å². The zero-order valence-electron chi connectivity index (χ0n) is 9.37. The fourth-order valence-electron chi connectivity index (χ4n) is 1.27. The summed E-state index contributed by atoms with van der Waals surface area (Å²) in [5.41, 5.74) is -0.285. The Balaban J connectivity index is 2.16. The number of halogens is 1. The summed E-state index contributed by atoms with van der Waals surface area (Å²) >= 11 is 1.17. The lowest BCUT2D eigenvalue weighted by Gasteiger charge is -1.96. The largest absolute Gasteiger partial charge is 0.303 e. The Bertz CT molecular complexity index is 602.